The quantitative estimate of drug-likeness (QED) is 0.829. The number of amides is 1. The second kappa shape index (κ2) is 6.16. The van der Waals surface area contributed by atoms with Crippen LogP contribution < -0.4 is 5.32 Å². The third-order valence-electron chi connectivity index (χ3n) is 2.40. The molecule has 1 atom stereocenters. The van der Waals surface area contributed by atoms with E-state index in [1.807, 2.05) is 13.8 Å². The van der Waals surface area contributed by atoms with E-state index in [2.05, 4.69) is 5.32 Å². The fraction of sp³-hybridized carbons (Fsp3) is 0.545. The maximum atomic E-state index is 11.8. The lowest BCUT2D eigenvalue weighted by atomic mass is 10.0. The summed E-state index contributed by atoms with van der Waals surface area (Å²) in [7, 11) is 0. The highest BCUT2D eigenvalue weighted by Crippen LogP contribution is 2.17. The Bertz CT molecular complexity index is 350. The topological polar surface area (TPSA) is 42.2 Å². The van der Waals surface area contributed by atoms with Crippen molar-refractivity contribution in [2.75, 3.05) is 5.88 Å². The average Bonchev–Trinajstić information content (AvgIpc) is 2.63. The fourth-order valence-corrected chi connectivity index (χ4v) is 1.83. The second-order valence-electron chi connectivity index (χ2n) is 3.91. The molecule has 0 bridgehead atoms. The molecule has 90 valence electrons. The van der Waals surface area contributed by atoms with Crippen molar-refractivity contribution in [1.82, 2.24) is 5.32 Å². The number of rotatable bonds is 5. The van der Waals surface area contributed by atoms with Crippen molar-refractivity contribution in [2.45, 2.75) is 26.3 Å². The van der Waals surface area contributed by atoms with Gasteiger partial charge in [-0.05, 0) is 30.0 Å². The Hall–Kier alpha value is -0.670. The molecule has 16 heavy (non-hydrogen) atoms. The molecule has 1 aromatic rings. The summed E-state index contributed by atoms with van der Waals surface area (Å²) in [6.45, 7) is 4.07. The molecule has 1 N–H and O–H groups in total. The number of hydrogen-bond acceptors (Lipinski definition) is 2. The van der Waals surface area contributed by atoms with E-state index >= 15 is 0 Å². The van der Waals surface area contributed by atoms with Gasteiger partial charge in [0.1, 0.15) is 0 Å². The van der Waals surface area contributed by atoms with Crippen molar-refractivity contribution >= 4 is 29.1 Å². The summed E-state index contributed by atoms with van der Waals surface area (Å²) < 4.78 is 4.87. The van der Waals surface area contributed by atoms with E-state index < -0.39 is 0 Å². The van der Waals surface area contributed by atoms with Crippen LogP contribution in [0.2, 0.25) is 5.22 Å². The molecule has 0 saturated carbocycles. The van der Waals surface area contributed by atoms with Crippen LogP contribution in [0.15, 0.2) is 16.7 Å². The van der Waals surface area contributed by atoms with E-state index in [0.29, 0.717) is 17.4 Å². The summed E-state index contributed by atoms with van der Waals surface area (Å²) in [6, 6.07) is 1.60. The monoisotopic (exact) mass is 263 g/mol. The number of furan rings is 1. The molecular formula is C11H15Cl2NO2. The highest BCUT2D eigenvalue weighted by atomic mass is 35.5. The Labute approximate surface area is 105 Å². The van der Waals surface area contributed by atoms with Crippen molar-refractivity contribution in [2.24, 2.45) is 5.92 Å². The Morgan fingerprint density at radius 3 is 2.69 bits per heavy atom. The Morgan fingerprint density at radius 2 is 2.25 bits per heavy atom. The third-order valence-corrected chi connectivity index (χ3v) is 2.91. The van der Waals surface area contributed by atoms with E-state index in [-0.39, 0.29) is 17.2 Å². The molecule has 3 nitrogen and oxygen atoms in total. The van der Waals surface area contributed by atoms with Crippen molar-refractivity contribution in [1.29, 1.82) is 0 Å². The van der Waals surface area contributed by atoms with Gasteiger partial charge in [0, 0.05) is 11.9 Å². The summed E-state index contributed by atoms with van der Waals surface area (Å²) in [5, 5.41) is 3.01. The van der Waals surface area contributed by atoms with Gasteiger partial charge in [0.15, 0.2) is 0 Å². The molecule has 0 fully saturated rings. The number of alkyl halides is 1. The van der Waals surface area contributed by atoms with E-state index in [1.54, 1.807) is 6.07 Å². The zero-order chi connectivity index (χ0) is 12.1. The van der Waals surface area contributed by atoms with Crippen LogP contribution in [-0.4, -0.2) is 17.8 Å². The summed E-state index contributed by atoms with van der Waals surface area (Å²) >= 11 is 11.4. The minimum atomic E-state index is -0.220. The first-order valence-electron chi connectivity index (χ1n) is 5.16. The summed E-state index contributed by atoms with van der Waals surface area (Å²) in [5.74, 6) is 0.623. The van der Waals surface area contributed by atoms with E-state index in [1.165, 1.54) is 6.26 Å². The highest BCUT2D eigenvalue weighted by molar-refractivity contribution is 6.32. The zero-order valence-corrected chi connectivity index (χ0v) is 10.8. The number of halogens is 2. The van der Waals surface area contributed by atoms with E-state index in [9.17, 15) is 4.79 Å². The fourth-order valence-electron chi connectivity index (χ4n) is 1.39. The van der Waals surface area contributed by atoms with Crippen LogP contribution in [0.1, 0.15) is 30.6 Å². The Kier molecular flexibility index (Phi) is 5.16. The first kappa shape index (κ1) is 13.4. The summed E-state index contributed by atoms with van der Waals surface area (Å²) in [6.07, 6.45) is 2.13. The van der Waals surface area contributed by atoms with Crippen LogP contribution >= 0.6 is 23.2 Å². The second-order valence-corrected chi connectivity index (χ2v) is 4.63. The van der Waals surface area contributed by atoms with Crippen LogP contribution in [0.25, 0.3) is 0 Å². The van der Waals surface area contributed by atoms with Crippen molar-refractivity contribution in [3.63, 3.8) is 0 Å². The highest BCUT2D eigenvalue weighted by Gasteiger charge is 2.19. The van der Waals surface area contributed by atoms with Gasteiger partial charge >= 0.3 is 0 Å². The number of carbonyl (C=O) groups is 1. The van der Waals surface area contributed by atoms with Crippen LogP contribution in [-0.2, 0) is 0 Å². The molecule has 1 heterocycles. The molecule has 0 aliphatic rings. The van der Waals surface area contributed by atoms with Crippen LogP contribution in [0, 0.1) is 5.92 Å². The minimum Gasteiger partial charge on any atom is -0.452 e. The molecule has 5 heteroatoms. The van der Waals surface area contributed by atoms with Gasteiger partial charge in [-0.25, -0.2) is 0 Å². The largest absolute Gasteiger partial charge is 0.452 e. The minimum absolute atomic E-state index is 0.0518. The van der Waals surface area contributed by atoms with Crippen molar-refractivity contribution in [3.8, 4) is 0 Å². The van der Waals surface area contributed by atoms with Gasteiger partial charge < -0.3 is 9.73 Å². The molecule has 0 aliphatic heterocycles. The lowest BCUT2D eigenvalue weighted by Crippen LogP contribution is -2.38. The molecule has 0 aromatic carbocycles. The molecule has 0 saturated heterocycles. The Balaban J connectivity index is 2.65. The SMILES string of the molecule is CC(C)C(CCCl)NC(=O)c1ccoc1Cl. The van der Waals surface area contributed by atoms with Crippen molar-refractivity contribution < 1.29 is 9.21 Å². The van der Waals surface area contributed by atoms with Gasteiger partial charge in [0.2, 0.25) is 5.22 Å². The smallest absolute Gasteiger partial charge is 0.256 e. The first-order chi connectivity index (χ1) is 7.56. The lowest BCUT2D eigenvalue weighted by molar-refractivity contribution is 0.0924. The molecule has 1 rings (SSSR count). The van der Waals surface area contributed by atoms with Gasteiger partial charge in [-0.15, -0.1) is 11.6 Å². The predicted molar refractivity (Wildman–Crippen MR) is 65.1 cm³/mol. The average molecular weight is 264 g/mol. The first-order valence-corrected chi connectivity index (χ1v) is 6.07. The van der Waals surface area contributed by atoms with E-state index in [0.717, 1.165) is 6.42 Å². The normalized spacial score (nSPS) is 12.8. The molecule has 0 aliphatic carbocycles. The molecular weight excluding hydrogens is 249 g/mol. The molecule has 0 radical (unpaired) electrons. The molecule has 1 aromatic heterocycles. The summed E-state index contributed by atoms with van der Waals surface area (Å²) in [5.41, 5.74) is 0.363. The number of carbonyl (C=O) groups excluding carboxylic acids is 1. The van der Waals surface area contributed by atoms with Gasteiger partial charge in [0.05, 0.1) is 11.8 Å². The van der Waals surface area contributed by atoms with Gasteiger partial charge in [-0.3, -0.25) is 4.79 Å². The third kappa shape index (κ3) is 3.42. The predicted octanol–water partition coefficient (Wildman–Crippen LogP) is 3.32. The molecule has 0 spiro atoms. The number of hydrogen-bond donors (Lipinski definition) is 1. The van der Waals surface area contributed by atoms with Crippen molar-refractivity contribution in [3.05, 3.63) is 23.1 Å². The van der Waals surface area contributed by atoms with Crippen LogP contribution in [0.3, 0.4) is 0 Å². The molecule has 1 amide bonds. The van der Waals surface area contributed by atoms with Crippen LogP contribution in [0.4, 0.5) is 0 Å². The van der Waals surface area contributed by atoms with Gasteiger partial charge in [-0.1, -0.05) is 13.8 Å². The van der Waals surface area contributed by atoms with Gasteiger partial charge in [-0.2, -0.15) is 0 Å². The van der Waals surface area contributed by atoms with Crippen LogP contribution in [0.5, 0.6) is 0 Å². The Morgan fingerprint density at radius 1 is 1.56 bits per heavy atom. The maximum Gasteiger partial charge on any atom is 0.256 e. The number of nitrogens with one attached hydrogen (secondary N) is 1. The van der Waals surface area contributed by atoms with E-state index in [4.69, 9.17) is 27.6 Å². The standard InChI is InChI=1S/C11H15Cl2NO2/c1-7(2)9(3-5-12)14-11(15)8-4-6-16-10(8)13/h4,6-7,9H,3,5H2,1-2H3,(H,14,15). The lowest BCUT2D eigenvalue weighted by Gasteiger charge is -2.21. The molecule has 1 unspecified atom stereocenters. The van der Waals surface area contributed by atoms with Gasteiger partial charge in [0.25, 0.3) is 5.91 Å². The maximum absolute atomic E-state index is 11.8. The summed E-state index contributed by atoms with van der Waals surface area (Å²) in [4.78, 5) is 11.8. The zero-order valence-electron chi connectivity index (χ0n) is 9.30.